The van der Waals surface area contributed by atoms with Crippen LogP contribution in [0.4, 0.5) is 0 Å². The van der Waals surface area contributed by atoms with Crippen LogP contribution in [0.25, 0.3) is 173 Å². The molecule has 24 aromatic rings. The number of aryl methyl sites for hydroxylation is 6. The van der Waals surface area contributed by atoms with Gasteiger partial charge in [0.05, 0.1) is 44.1 Å². The summed E-state index contributed by atoms with van der Waals surface area (Å²) in [6.45, 7) is 12.9. The fourth-order valence-corrected chi connectivity index (χ4v) is 19.4. The second-order valence-corrected chi connectivity index (χ2v) is 33.4. The first kappa shape index (κ1) is 75.6. The summed E-state index contributed by atoms with van der Waals surface area (Å²) in [5.41, 5.74) is 27.7. The van der Waals surface area contributed by atoms with Crippen molar-refractivity contribution < 1.29 is 0 Å². The molecule has 0 radical (unpaired) electrons. The van der Waals surface area contributed by atoms with Gasteiger partial charge in [0.25, 0.3) is 0 Å². The number of hydrogen-bond acceptors (Lipinski definition) is 2. The zero-order chi connectivity index (χ0) is 81.2. The molecule has 0 atom stereocenters. The summed E-state index contributed by atoms with van der Waals surface area (Å²) < 4.78 is 15.0. The van der Waals surface area contributed by atoms with Gasteiger partial charge in [0.15, 0.2) is 0 Å². The Kier molecular flexibility index (Phi) is 21.0. The van der Waals surface area contributed by atoms with Crippen LogP contribution in [0.2, 0.25) is 0 Å². The largest absolute Gasteiger partial charge is 0.309 e. The van der Waals surface area contributed by atoms with Crippen molar-refractivity contribution in [3.8, 4) is 45.0 Å². The molecule has 0 bridgehead atoms. The third-order valence-electron chi connectivity index (χ3n) is 22.8. The number of rotatable bonds is 6. The van der Waals surface area contributed by atoms with E-state index in [4.69, 9.17) is 0 Å². The van der Waals surface area contributed by atoms with Crippen molar-refractivity contribution in [2.45, 2.75) is 41.5 Å². The number of hydrogen-bond donors (Lipinski definition) is 0. The van der Waals surface area contributed by atoms with Crippen molar-refractivity contribution in [1.29, 1.82) is 0 Å². The fourth-order valence-electron chi connectivity index (χ4n) is 17.1. The van der Waals surface area contributed by atoms with Gasteiger partial charge in [-0.3, -0.25) is 0 Å². The molecule has 6 heteroatoms. The number of benzene rings is 18. The molecular formula is C114H88N4S2. The van der Waals surface area contributed by atoms with Crippen LogP contribution >= 0.6 is 22.7 Å². The molecular weight excluding hydrogens is 1490 g/mol. The van der Waals surface area contributed by atoms with Gasteiger partial charge in [-0.1, -0.05) is 302 Å². The lowest BCUT2D eigenvalue weighted by Gasteiger charge is -2.09. The maximum absolute atomic E-state index is 2.38. The van der Waals surface area contributed by atoms with E-state index in [0.29, 0.717) is 0 Å². The summed E-state index contributed by atoms with van der Waals surface area (Å²) in [4.78, 5) is 0. The Morgan fingerprint density at radius 2 is 0.392 bits per heavy atom. The monoisotopic (exact) mass is 1580 g/mol. The second kappa shape index (κ2) is 33.3. The first-order valence-electron chi connectivity index (χ1n) is 41.2. The maximum Gasteiger partial charge on any atom is 0.0547 e. The number of para-hydroxylation sites is 6. The first-order valence-corrected chi connectivity index (χ1v) is 42.8. The summed E-state index contributed by atoms with van der Waals surface area (Å²) in [5, 5.41) is 16.0. The Balaban J connectivity index is 0.0000000966. The van der Waals surface area contributed by atoms with E-state index >= 15 is 0 Å². The third kappa shape index (κ3) is 15.0. The summed E-state index contributed by atoms with van der Waals surface area (Å²) in [7, 11) is 0. The molecule has 576 valence electrons. The third-order valence-corrected chi connectivity index (χ3v) is 25.1. The molecule has 0 aliphatic rings. The summed E-state index contributed by atoms with van der Waals surface area (Å²) in [6, 6.07) is 152. The Bertz CT molecular complexity index is 7760. The highest BCUT2D eigenvalue weighted by molar-refractivity contribution is 7.26. The minimum Gasteiger partial charge on any atom is -0.309 e. The molecule has 0 saturated heterocycles. The normalized spacial score (nSPS) is 11.2. The SMILES string of the molecule is Cc1ccc2c(c1)c1ccc(-c3ccccc3)cc1n2-c1ccccc1.Cc1ccc2c(c1)c1ccccc1n2-c1ccccc1.Cc1ccc2c(c1)sc1ccccc12.Cc1ccc2c3ccc(-c4ccccc4)cc3n(-c3ccccc3)c2c1.Cc1ccc2c3ccccc3n(-c3ccccc3)c2c1.Cc1ccc2sc3ccccc3c2c1. The average molecular weight is 1580 g/mol. The molecule has 120 heavy (non-hydrogen) atoms. The van der Waals surface area contributed by atoms with E-state index in [-0.39, 0.29) is 0 Å². The molecule has 24 rings (SSSR count). The molecule has 0 saturated carbocycles. The molecule has 6 heterocycles. The molecule has 6 aromatic heterocycles. The van der Waals surface area contributed by atoms with Crippen LogP contribution in [0.1, 0.15) is 33.4 Å². The Hall–Kier alpha value is -14.4. The summed E-state index contributed by atoms with van der Waals surface area (Å²) in [5.74, 6) is 0. The van der Waals surface area contributed by atoms with E-state index in [1.165, 1.54) is 206 Å². The van der Waals surface area contributed by atoms with Gasteiger partial charge in [-0.2, -0.15) is 0 Å². The molecule has 18 aromatic carbocycles. The molecule has 0 fully saturated rings. The highest BCUT2D eigenvalue weighted by Gasteiger charge is 2.18. The Labute approximate surface area is 707 Å². The van der Waals surface area contributed by atoms with E-state index < -0.39 is 0 Å². The van der Waals surface area contributed by atoms with Crippen LogP contribution in [0, 0.1) is 41.5 Å². The van der Waals surface area contributed by atoms with Gasteiger partial charge < -0.3 is 18.3 Å². The maximum atomic E-state index is 2.38. The lowest BCUT2D eigenvalue weighted by atomic mass is 10.0. The molecule has 4 nitrogen and oxygen atoms in total. The average Bonchev–Trinajstić information content (AvgIpc) is 1.60. The Morgan fingerprint density at radius 3 is 0.833 bits per heavy atom. The van der Waals surface area contributed by atoms with Crippen molar-refractivity contribution in [3.63, 3.8) is 0 Å². The van der Waals surface area contributed by atoms with Crippen molar-refractivity contribution in [2.75, 3.05) is 0 Å². The minimum absolute atomic E-state index is 1.20. The van der Waals surface area contributed by atoms with Gasteiger partial charge in [-0.15, -0.1) is 22.7 Å². The van der Waals surface area contributed by atoms with Crippen molar-refractivity contribution in [1.82, 2.24) is 18.3 Å². The van der Waals surface area contributed by atoms with Crippen LogP contribution in [0.5, 0.6) is 0 Å². The highest BCUT2D eigenvalue weighted by Crippen LogP contribution is 2.41. The van der Waals surface area contributed by atoms with Crippen molar-refractivity contribution in [2.24, 2.45) is 0 Å². The van der Waals surface area contributed by atoms with E-state index in [0.717, 1.165) is 0 Å². The van der Waals surface area contributed by atoms with Gasteiger partial charge in [0.1, 0.15) is 0 Å². The molecule has 0 amide bonds. The topological polar surface area (TPSA) is 19.7 Å². The quantitative estimate of drug-likeness (QED) is 0.158. The summed E-state index contributed by atoms with van der Waals surface area (Å²) >= 11 is 3.75. The van der Waals surface area contributed by atoms with Crippen LogP contribution in [-0.4, -0.2) is 18.3 Å². The van der Waals surface area contributed by atoms with Crippen molar-refractivity contribution in [3.05, 3.63) is 458 Å². The minimum atomic E-state index is 1.20. The second-order valence-electron chi connectivity index (χ2n) is 31.2. The van der Waals surface area contributed by atoms with E-state index in [9.17, 15) is 0 Å². The van der Waals surface area contributed by atoms with Gasteiger partial charge in [-0.25, -0.2) is 0 Å². The number of thiophene rings is 2. The highest BCUT2D eigenvalue weighted by atomic mass is 32.1. The zero-order valence-electron chi connectivity index (χ0n) is 68.0. The van der Waals surface area contributed by atoms with Crippen LogP contribution < -0.4 is 0 Å². The fraction of sp³-hybridized carbons (Fsp3) is 0.0526. The molecule has 0 aliphatic carbocycles. The Morgan fingerprint density at radius 1 is 0.142 bits per heavy atom. The predicted octanol–water partition coefficient (Wildman–Crippen LogP) is 32.4. The molecule has 0 spiro atoms. The molecule has 0 N–H and O–H groups in total. The first-order chi connectivity index (χ1) is 59.0. The smallest absolute Gasteiger partial charge is 0.0547 e. The standard InChI is InChI=1S/2C25H19N.2C19H15N.2C13H10S/c1-18-12-15-24-23(16-18)22-14-13-20(19-8-4-2-5-9-19)17-25(22)26(24)21-10-6-3-7-11-21;1-18-12-14-22-23-15-13-20(19-8-4-2-5-9-19)17-25(23)26(24(22)16-18)21-10-6-3-7-11-21;1-14-11-12-19-17(13-14)16-9-5-6-10-18(16)20(19)15-7-3-2-4-8-15;1-14-11-12-17-16-9-5-6-10-18(16)20(19(17)13-14)15-7-3-2-4-8-15;1-9-6-7-13-11(8-9)10-4-2-3-5-12(10)14-13;1-9-6-7-11-10-4-2-3-5-12(10)14-13(11)8-9/h2*2-17H,1H3;2*2-13H,1H3;2*2-8H,1H3. The molecule has 0 aliphatic heterocycles. The van der Waals surface area contributed by atoms with Gasteiger partial charge in [0, 0.05) is 106 Å². The van der Waals surface area contributed by atoms with Gasteiger partial charge in [-0.05, 0) is 220 Å². The number of aromatic nitrogens is 4. The zero-order valence-corrected chi connectivity index (χ0v) is 69.7. The summed E-state index contributed by atoms with van der Waals surface area (Å²) in [6.07, 6.45) is 0. The van der Waals surface area contributed by atoms with Gasteiger partial charge in [0.2, 0.25) is 0 Å². The van der Waals surface area contributed by atoms with E-state index in [2.05, 4.69) is 484 Å². The number of fused-ring (bicyclic) bond motifs is 18. The van der Waals surface area contributed by atoms with Crippen molar-refractivity contribution >= 4 is 150 Å². The lowest BCUT2D eigenvalue weighted by Crippen LogP contribution is -1.93. The number of nitrogens with zero attached hydrogens (tertiary/aromatic N) is 4. The van der Waals surface area contributed by atoms with Crippen LogP contribution in [0.15, 0.2) is 425 Å². The van der Waals surface area contributed by atoms with Gasteiger partial charge >= 0.3 is 0 Å². The van der Waals surface area contributed by atoms with Crippen LogP contribution in [-0.2, 0) is 0 Å². The van der Waals surface area contributed by atoms with E-state index in [1.807, 2.05) is 22.7 Å². The predicted molar refractivity (Wildman–Crippen MR) is 521 cm³/mol. The van der Waals surface area contributed by atoms with Crippen LogP contribution in [0.3, 0.4) is 0 Å². The lowest BCUT2D eigenvalue weighted by molar-refractivity contribution is 1.18. The molecule has 0 unspecified atom stereocenters. The van der Waals surface area contributed by atoms with E-state index in [1.54, 1.807) is 0 Å².